The third kappa shape index (κ3) is 4.78. The summed E-state index contributed by atoms with van der Waals surface area (Å²) >= 11 is 0. The molecule has 6 aromatic rings. The number of ether oxygens (including phenoxy) is 2. The van der Waals surface area contributed by atoms with Gasteiger partial charge in [-0.05, 0) is 49.9 Å². The minimum absolute atomic E-state index is 0.325. The van der Waals surface area contributed by atoms with Crippen molar-refractivity contribution >= 4 is 60.4 Å². The zero-order chi connectivity index (χ0) is 29.9. The van der Waals surface area contributed by atoms with E-state index in [4.69, 9.17) is 35.3 Å². The van der Waals surface area contributed by atoms with Gasteiger partial charge in [-0.3, -0.25) is 9.05 Å². The summed E-state index contributed by atoms with van der Waals surface area (Å²) in [6.45, 7) is 8.77. The topological polar surface area (TPSA) is 89.5 Å². The molecule has 4 atom stereocenters. The van der Waals surface area contributed by atoms with Gasteiger partial charge in [-0.25, -0.2) is 0 Å². The monoisotopic (exact) mass is 630 g/mol. The Morgan fingerprint density at radius 1 is 0.477 bits per heavy atom. The van der Waals surface area contributed by atoms with Crippen LogP contribution >= 0.6 is 16.5 Å². The highest BCUT2D eigenvalue weighted by Crippen LogP contribution is 2.42. The Balaban J connectivity index is 1.12. The molecule has 4 aromatic carbocycles. The first-order chi connectivity index (χ1) is 21.4. The molecule has 4 unspecified atom stereocenters. The molecule has 0 aliphatic carbocycles. The molecule has 2 fully saturated rings. The Morgan fingerprint density at radius 2 is 0.773 bits per heavy atom. The fourth-order valence-corrected chi connectivity index (χ4v) is 8.81. The largest absolute Gasteiger partial charge is 0.399 e. The van der Waals surface area contributed by atoms with Gasteiger partial charge in [-0.15, -0.1) is 0 Å². The molecule has 10 heteroatoms. The summed E-state index contributed by atoms with van der Waals surface area (Å²) in [5.74, 6) is 0. The Morgan fingerprint density at radius 3 is 1.07 bits per heavy atom. The van der Waals surface area contributed by atoms with Crippen LogP contribution < -0.4 is 9.05 Å². The quantitative estimate of drug-likeness (QED) is 0.190. The lowest BCUT2D eigenvalue weighted by Crippen LogP contribution is -2.35. The van der Waals surface area contributed by atoms with E-state index in [0.29, 0.717) is 13.2 Å². The van der Waals surface area contributed by atoms with Crippen molar-refractivity contribution in [2.75, 3.05) is 13.2 Å². The van der Waals surface area contributed by atoms with Crippen LogP contribution in [0.25, 0.3) is 43.9 Å². The van der Waals surface area contributed by atoms with Gasteiger partial charge in [0.15, 0.2) is 0 Å². The highest BCUT2D eigenvalue weighted by atomic mass is 31.1. The van der Waals surface area contributed by atoms with Crippen LogP contribution in [0.3, 0.4) is 0 Å². The summed E-state index contributed by atoms with van der Waals surface area (Å²) in [7, 11) is -3.57. The van der Waals surface area contributed by atoms with Gasteiger partial charge in [0.2, 0.25) is 0 Å². The third-order valence-corrected chi connectivity index (χ3v) is 10.7. The number of hydrogen-bond donors (Lipinski definition) is 0. The molecule has 0 N–H and O–H groups in total. The Hall–Kier alpha value is -3.48. The van der Waals surface area contributed by atoms with Crippen molar-refractivity contribution in [2.45, 2.75) is 52.1 Å². The van der Waals surface area contributed by atoms with Crippen molar-refractivity contribution in [3.8, 4) is 0 Å². The molecule has 0 radical (unpaired) electrons. The number of benzene rings is 4. The van der Waals surface area contributed by atoms with Gasteiger partial charge in [0.25, 0.3) is 0 Å². The average Bonchev–Trinajstić information content (AvgIpc) is 3.49. The molecule has 2 aliphatic heterocycles. The van der Waals surface area contributed by atoms with Gasteiger partial charge < -0.3 is 26.3 Å². The number of rotatable bonds is 4. The Bertz CT molecular complexity index is 1850. The van der Waals surface area contributed by atoms with Gasteiger partial charge in [-0.1, -0.05) is 72.8 Å². The van der Waals surface area contributed by atoms with Crippen molar-refractivity contribution in [2.24, 2.45) is 0 Å². The molecule has 2 saturated heterocycles. The van der Waals surface area contributed by atoms with Crippen LogP contribution in [-0.2, 0) is 9.47 Å². The molecule has 2 aromatic heterocycles. The van der Waals surface area contributed by atoms with Crippen LogP contribution in [0.15, 0.2) is 89.6 Å². The van der Waals surface area contributed by atoms with Crippen LogP contribution in [0.5, 0.6) is 0 Å². The number of para-hydroxylation sites is 4. The fourth-order valence-electron chi connectivity index (χ4n) is 6.20. The predicted molar refractivity (Wildman–Crippen MR) is 172 cm³/mol. The van der Waals surface area contributed by atoms with E-state index < -0.39 is 28.7 Å². The maximum absolute atomic E-state index is 6.51. The normalized spacial score (nSPS) is 21.5. The first-order valence-electron chi connectivity index (χ1n) is 14.7. The van der Waals surface area contributed by atoms with Crippen LogP contribution in [0.4, 0.5) is 0 Å². The van der Waals surface area contributed by atoms with E-state index in [2.05, 4.69) is 24.3 Å². The molecule has 44 heavy (non-hydrogen) atoms. The zero-order valence-electron chi connectivity index (χ0n) is 24.8. The molecule has 4 heterocycles. The summed E-state index contributed by atoms with van der Waals surface area (Å²) in [5.41, 5.74) is 7.13. The minimum Gasteiger partial charge on any atom is -0.399 e. The Kier molecular flexibility index (Phi) is 7.10. The maximum Gasteiger partial charge on any atom is 0.387 e. The van der Waals surface area contributed by atoms with Crippen LogP contribution in [-0.4, -0.2) is 37.6 Å². The number of fused-ring (bicyclic) bond motifs is 7. The first-order valence-corrected chi connectivity index (χ1v) is 16.9. The lowest BCUT2D eigenvalue weighted by Gasteiger charge is -2.15. The number of aryl methyl sites for hydroxylation is 4. The second-order valence-corrected chi connectivity index (χ2v) is 13.5. The molecule has 0 amide bonds. The van der Waals surface area contributed by atoms with E-state index in [0.717, 1.165) is 66.1 Å². The van der Waals surface area contributed by atoms with Gasteiger partial charge in [0.1, 0.15) is 46.7 Å². The Labute approximate surface area is 255 Å². The molecule has 0 spiro atoms. The van der Waals surface area contributed by atoms with Crippen LogP contribution in [0, 0.1) is 27.7 Å². The van der Waals surface area contributed by atoms with E-state index in [1.54, 1.807) is 0 Å². The van der Waals surface area contributed by atoms with E-state index >= 15 is 0 Å². The van der Waals surface area contributed by atoms with E-state index in [9.17, 15) is 0 Å². The molecule has 2 aliphatic rings. The zero-order valence-corrected chi connectivity index (χ0v) is 26.6. The second kappa shape index (κ2) is 11.1. The third-order valence-electron chi connectivity index (χ3n) is 8.50. The maximum atomic E-state index is 6.51. The average molecular weight is 631 g/mol. The van der Waals surface area contributed by atoms with E-state index in [-0.39, 0.29) is 12.2 Å². The van der Waals surface area contributed by atoms with Crippen molar-refractivity contribution in [1.82, 2.24) is 0 Å². The fraction of sp³-hybridized carbons (Fsp3) is 0.294. The molecule has 0 bridgehead atoms. The van der Waals surface area contributed by atoms with Gasteiger partial charge >= 0.3 is 16.5 Å². The summed E-state index contributed by atoms with van der Waals surface area (Å²) in [5, 5.41) is 3.95. The SMILES string of the molecule is Cc1cccc2c1op(OC1COC3C(Op4oc5c(C)cccc5c5cccc(C)c5o4)COC13)oc1c(C)cccc12. The second-order valence-electron chi connectivity index (χ2n) is 11.5. The van der Waals surface area contributed by atoms with Crippen molar-refractivity contribution in [3.05, 3.63) is 95.1 Å². The van der Waals surface area contributed by atoms with Crippen LogP contribution in [0.1, 0.15) is 22.3 Å². The lowest BCUT2D eigenvalue weighted by atomic mass is 10.1. The minimum atomic E-state index is -1.78. The van der Waals surface area contributed by atoms with Crippen molar-refractivity contribution in [1.29, 1.82) is 0 Å². The molecular weight excluding hydrogens is 598 g/mol. The smallest absolute Gasteiger partial charge is 0.387 e. The highest BCUT2D eigenvalue weighted by Gasteiger charge is 2.50. The van der Waals surface area contributed by atoms with Gasteiger partial charge in [0.05, 0.1) is 13.2 Å². The number of hydrogen-bond acceptors (Lipinski definition) is 8. The summed E-state index contributed by atoms with van der Waals surface area (Å²) < 4.78 is 51.2. The molecule has 8 nitrogen and oxygen atoms in total. The highest BCUT2D eigenvalue weighted by molar-refractivity contribution is 7.32. The first kappa shape index (κ1) is 28.0. The van der Waals surface area contributed by atoms with Crippen molar-refractivity contribution < 1.29 is 35.3 Å². The van der Waals surface area contributed by atoms with Crippen molar-refractivity contribution in [3.63, 3.8) is 0 Å². The van der Waals surface area contributed by atoms with E-state index in [1.807, 2.05) is 76.2 Å². The van der Waals surface area contributed by atoms with E-state index in [1.165, 1.54) is 0 Å². The lowest BCUT2D eigenvalue weighted by molar-refractivity contribution is 0.0401. The molecular formula is C34H32O8P2. The predicted octanol–water partition coefficient (Wildman–Crippen LogP) is 9.22. The summed E-state index contributed by atoms with van der Waals surface area (Å²) in [6.07, 6.45) is -1.49. The molecule has 226 valence electrons. The summed E-state index contributed by atoms with van der Waals surface area (Å²) in [6, 6.07) is 24.5. The molecule has 0 saturated carbocycles. The van der Waals surface area contributed by atoms with Gasteiger partial charge in [0, 0.05) is 21.5 Å². The van der Waals surface area contributed by atoms with Gasteiger partial charge in [-0.2, -0.15) is 0 Å². The van der Waals surface area contributed by atoms with Crippen LogP contribution in [0.2, 0.25) is 0 Å². The standard InChI is InChI=1S/C34H32O8P2/c1-19-9-5-13-23-24-14-6-10-20(2)30(24)40-43(39-29(19)23)37-27-17-35-34-28(18-36-33(27)34)38-44-41-31-21(3)11-7-15-25(31)26-16-8-12-22(4)32(26)42-44/h5-16,27-28,33-34H,17-18H2,1-4H3. The summed E-state index contributed by atoms with van der Waals surface area (Å²) in [4.78, 5) is 0. The molecule has 8 rings (SSSR count).